The highest BCUT2D eigenvalue weighted by atomic mass is 16.6. The Kier molecular flexibility index (Phi) is 9.04. The number of nitrogens with one attached hydrogen (secondary N) is 2. The quantitative estimate of drug-likeness (QED) is 0.245. The average Bonchev–Trinajstić information content (AvgIpc) is 3.86. The fourth-order valence-electron chi connectivity index (χ4n) is 7.53. The van der Waals surface area contributed by atoms with E-state index < -0.39 is 58.7 Å². The maximum atomic E-state index is 14.3. The van der Waals surface area contributed by atoms with Crippen LogP contribution in [-0.4, -0.2) is 75.5 Å². The van der Waals surface area contributed by atoms with Crippen LogP contribution in [0.25, 0.3) is 0 Å². The fraction of sp³-hybridized carbons (Fsp3) is 0.676. The van der Waals surface area contributed by atoms with Crippen molar-refractivity contribution in [3.8, 4) is 0 Å². The van der Waals surface area contributed by atoms with Gasteiger partial charge in [0.2, 0.25) is 23.4 Å². The number of aromatic nitrogens is 1. The van der Waals surface area contributed by atoms with E-state index in [1.807, 2.05) is 13.8 Å². The molecule has 1 unspecified atom stereocenters. The number of piperidine rings is 1. The zero-order chi connectivity index (χ0) is 33.6. The zero-order valence-corrected chi connectivity index (χ0v) is 27.5. The Bertz CT molecular complexity index is 1390. The van der Waals surface area contributed by atoms with E-state index in [2.05, 4.69) is 15.6 Å². The predicted molar refractivity (Wildman–Crippen MR) is 167 cm³/mol. The molecule has 2 heterocycles. The molecule has 0 aromatic carbocycles. The Labute approximate surface area is 269 Å². The maximum Gasteiger partial charge on any atom is 0.408 e. The lowest BCUT2D eigenvalue weighted by Crippen LogP contribution is -2.61. The summed E-state index contributed by atoms with van der Waals surface area (Å²) in [5, 5.41) is 5.52. The van der Waals surface area contributed by atoms with E-state index in [1.54, 1.807) is 39.0 Å². The van der Waals surface area contributed by atoms with Gasteiger partial charge in [-0.1, -0.05) is 59.9 Å². The second-order valence-corrected chi connectivity index (χ2v) is 15.3. The lowest BCUT2D eigenvalue weighted by Gasteiger charge is -2.39. The van der Waals surface area contributed by atoms with Crippen molar-refractivity contribution >= 4 is 35.4 Å². The number of ketones is 2. The zero-order valence-electron chi connectivity index (χ0n) is 27.5. The third-order valence-electron chi connectivity index (χ3n) is 10.5. The molecule has 4 fully saturated rings. The van der Waals surface area contributed by atoms with Gasteiger partial charge in [0.25, 0.3) is 5.91 Å². The topological polar surface area (TPSA) is 178 Å². The van der Waals surface area contributed by atoms with E-state index in [0.717, 1.165) is 19.3 Å². The summed E-state index contributed by atoms with van der Waals surface area (Å²) in [6.45, 7) is 9.80. The largest absolute Gasteiger partial charge is 0.434 e. The van der Waals surface area contributed by atoms with Gasteiger partial charge in [-0.15, -0.1) is 0 Å². The number of likely N-dealkylation sites (tertiary alicyclic amines) is 1. The van der Waals surface area contributed by atoms with Gasteiger partial charge in [-0.25, -0.2) is 4.79 Å². The predicted octanol–water partition coefficient (Wildman–Crippen LogP) is 2.93. The van der Waals surface area contributed by atoms with Gasteiger partial charge in [0.15, 0.2) is 5.60 Å². The molecule has 5 atom stereocenters. The normalized spacial score (nSPS) is 25.8. The molecule has 0 spiro atoms. The number of Topliss-reactive ketones (excluding diaryl/α,β-unsaturated/α-hetero) is 2. The molecule has 12 heteroatoms. The summed E-state index contributed by atoms with van der Waals surface area (Å²) in [5.74, 6) is -3.17. The molecule has 1 aromatic heterocycles. The van der Waals surface area contributed by atoms with Gasteiger partial charge in [0.05, 0.1) is 6.04 Å². The molecular formula is C34H47N5O7. The number of hydrogen-bond acceptors (Lipinski definition) is 8. The molecule has 1 aliphatic heterocycles. The molecule has 46 heavy (non-hydrogen) atoms. The number of rotatable bonds is 11. The van der Waals surface area contributed by atoms with Crippen LogP contribution in [-0.2, 0) is 23.9 Å². The van der Waals surface area contributed by atoms with Crippen molar-refractivity contribution in [3.63, 3.8) is 0 Å². The Morgan fingerprint density at radius 3 is 2.28 bits per heavy atom. The molecule has 0 bridgehead atoms. The molecule has 5 rings (SSSR count). The second-order valence-electron chi connectivity index (χ2n) is 15.3. The van der Waals surface area contributed by atoms with Crippen molar-refractivity contribution in [2.75, 3.05) is 6.54 Å². The number of primary amides is 1. The maximum absolute atomic E-state index is 14.3. The molecule has 1 aromatic rings. The van der Waals surface area contributed by atoms with Crippen LogP contribution in [0.5, 0.6) is 0 Å². The smallest absolute Gasteiger partial charge is 0.408 e. The first kappa shape index (κ1) is 33.5. The lowest BCUT2D eigenvalue weighted by molar-refractivity contribution is -0.145. The van der Waals surface area contributed by atoms with Crippen LogP contribution in [0, 0.1) is 28.6 Å². The van der Waals surface area contributed by atoms with Crippen molar-refractivity contribution < 1.29 is 33.5 Å². The molecule has 3 saturated carbocycles. The Morgan fingerprint density at radius 1 is 1.04 bits per heavy atom. The van der Waals surface area contributed by atoms with E-state index in [4.69, 9.17) is 10.5 Å². The molecule has 3 aliphatic carbocycles. The third kappa shape index (κ3) is 6.66. The number of nitrogens with two attached hydrogens (primary N) is 1. The van der Waals surface area contributed by atoms with Crippen molar-refractivity contribution in [2.24, 2.45) is 34.3 Å². The van der Waals surface area contributed by atoms with Gasteiger partial charge in [-0.3, -0.25) is 29.0 Å². The van der Waals surface area contributed by atoms with E-state index >= 15 is 0 Å². The molecule has 4 aliphatic rings. The number of carbonyl (C=O) groups is 6. The molecule has 4 amide bonds. The summed E-state index contributed by atoms with van der Waals surface area (Å²) in [5.41, 5.74) is 3.12. The highest BCUT2D eigenvalue weighted by molar-refractivity contribution is 6.37. The first-order chi connectivity index (χ1) is 21.6. The number of alkyl carbamates (subject to hydrolysis) is 1. The van der Waals surface area contributed by atoms with Crippen LogP contribution in [0.3, 0.4) is 0 Å². The number of pyridine rings is 1. The highest BCUT2D eigenvalue weighted by Gasteiger charge is 2.70. The highest BCUT2D eigenvalue weighted by Crippen LogP contribution is 2.65. The Balaban J connectivity index is 1.35. The minimum atomic E-state index is -1.40. The van der Waals surface area contributed by atoms with Gasteiger partial charge < -0.3 is 26.0 Å². The molecule has 0 radical (unpaired) electrons. The molecular weight excluding hydrogens is 590 g/mol. The van der Waals surface area contributed by atoms with Gasteiger partial charge in [-0.2, -0.15) is 0 Å². The number of amides is 4. The molecule has 4 N–H and O–H groups in total. The molecule has 12 nitrogen and oxygen atoms in total. The summed E-state index contributed by atoms with van der Waals surface area (Å²) in [6, 6.07) is 1.97. The van der Waals surface area contributed by atoms with Gasteiger partial charge in [0.1, 0.15) is 17.8 Å². The van der Waals surface area contributed by atoms with Crippen molar-refractivity contribution in [1.29, 1.82) is 0 Å². The van der Waals surface area contributed by atoms with Crippen molar-refractivity contribution in [3.05, 3.63) is 30.1 Å². The SMILES string of the molecule is CC(C)(C)[C@H](NC(=O)OC1(C(=O)c2ccccn2)CCCCC1)C(=O)N1C[C@H]2[C@@H]([C@H]1C(=O)NC(CC1CC1)C(=O)C(N)=O)C2(C)C. The molecule has 1 saturated heterocycles. The minimum Gasteiger partial charge on any atom is -0.434 e. The van der Waals surface area contributed by atoms with Crippen LogP contribution in [0.4, 0.5) is 4.79 Å². The van der Waals surface area contributed by atoms with Crippen LogP contribution in [0.15, 0.2) is 24.4 Å². The Hall–Kier alpha value is -3.83. The van der Waals surface area contributed by atoms with E-state index in [0.29, 0.717) is 38.6 Å². The van der Waals surface area contributed by atoms with Crippen molar-refractivity contribution in [1.82, 2.24) is 20.5 Å². The fourth-order valence-corrected chi connectivity index (χ4v) is 7.53. The Morgan fingerprint density at radius 2 is 1.72 bits per heavy atom. The average molecular weight is 638 g/mol. The van der Waals surface area contributed by atoms with Crippen LogP contribution in [0.2, 0.25) is 0 Å². The summed E-state index contributed by atoms with van der Waals surface area (Å²) in [6.07, 6.45) is 5.80. The molecule has 250 valence electrons. The van der Waals surface area contributed by atoms with Gasteiger partial charge >= 0.3 is 6.09 Å². The van der Waals surface area contributed by atoms with Gasteiger partial charge in [0, 0.05) is 12.7 Å². The van der Waals surface area contributed by atoms with Gasteiger partial charge in [-0.05, 0) is 72.8 Å². The third-order valence-corrected chi connectivity index (χ3v) is 10.5. The van der Waals surface area contributed by atoms with Crippen LogP contribution in [0.1, 0.15) is 96.5 Å². The number of hydrogen-bond donors (Lipinski definition) is 3. The standard InChI is InChI=1S/C34H47N5O7/c1-32(2,3)26(38-31(45)46-34(14-8-6-9-15-34)27(41)21-11-7-10-16-36-21)30(44)39-18-20-23(33(20,4)5)24(39)29(43)37-22(17-19-12-13-19)25(40)28(35)42/h7,10-11,16,19-20,22-24,26H,6,8-9,12-15,17-18H2,1-5H3,(H2,35,42)(H,37,43)(H,38,45)/t20-,22?,23-,24-,26+/m0/s1. The second kappa shape index (κ2) is 12.4. The summed E-state index contributed by atoms with van der Waals surface area (Å²) >= 11 is 0. The van der Waals surface area contributed by atoms with E-state index in [9.17, 15) is 28.8 Å². The number of carbonyl (C=O) groups excluding carboxylic acids is 6. The monoisotopic (exact) mass is 637 g/mol. The first-order valence-corrected chi connectivity index (χ1v) is 16.5. The number of fused-ring (bicyclic) bond motifs is 1. The van der Waals surface area contributed by atoms with Crippen LogP contribution >= 0.6 is 0 Å². The summed E-state index contributed by atoms with van der Waals surface area (Å²) in [7, 11) is 0. The summed E-state index contributed by atoms with van der Waals surface area (Å²) in [4.78, 5) is 85.4. The van der Waals surface area contributed by atoms with Crippen LogP contribution < -0.4 is 16.4 Å². The first-order valence-electron chi connectivity index (χ1n) is 16.5. The number of ether oxygens (including phenoxy) is 1. The van der Waals surface area contributed by atoms with E-state index in [1.165, 1.54) is 11.1 Å². The summed E-state index contributed by atoms with van der Waals surface area (Å²) < 4.78 is 5.94. The van der Waals surface area contributed by atoms with E-state index in [-0.39, 0.29) is 34.6 Å². The van der Waals surface area contributed by atoms with Crippen molar-refractivity contribution in [2.45, 2.75) is 110 Å². The minimum absolute atomic E-state index is 0.0509. The lowest BCUT2D eigenvalue weighted by atomic mass is 9.80. The number of nitrogens with zero attached hydrogens (tertiary/aromatic N) is 2.